The summed E-state index contributed by atoms with van der Waals surface area (Å²) in [5.41, 5.74) is 17.4. The lowest BCUT2D eigenvalue weighted by atomic mass is 9.58. The van der Waals surface area contributed by atoms with E-state index in [4.69, 9.17) is 35.2 Å². The lowest BCUT2D eigenvalue weighted by Crippen LogP contribution is -2.72. The monoisotopic (exact) mass is 1390 g/mol. The SMILES string of the molecule is CNCc1cc2cc3c1CC1=C4CC[C@H]5CCC[C@H]5N[C@H]4C4=C(N)NCC=C4[C@]1(CO[C@@H]1[C@H]4Oc5c(cc6c(c5OC[C@H](O)CC=O)C(=O)c5cc(CO)ccc5C6=O)[C@H](c5ccccc5N5CN[C@@H]6C(=O)N[C@H](N)N[C@@H]65)[C@@H]5CC[C@H](O)[C@@H](C#C[C@@](O)([C@H]1O)[C@@H](O4)C1(CCCC1)OC5)C2)[C@H](O)C3. The number of dihydropyridines is 1. The Morgan fingerprint density at radius 2 is 1.77 bits per heavy atom. The fraction of sp³-hybridized carbons (Fsp3) is 0.538. The third kappa shape index (κ3) is 10.8. The second kappa shape index (κ2) is 26.3. The van der Waals surface area contributed by atoms with Crippen LogP contribution < -0.4 is 57.7 Å². The molecule has 2 spiro atoms. The molecule has 538 valence electrons. The Morgan fingerprint density at radius 3 is 2.60 bits per heavy atom. The summed E-state index contributed by atoms with van der Waals surface area (Å²) in [7, 11) is 1.92. The second-order valence-electron chi connectivity index (χ2n) is 30.7. The minimum Gasteiger partial charge on any atom is -0.486 e. The van der Waals surface area contributed by atoms with E-state index in [0.717, 1.165) is 70.2 Å². The molecule has 24 nitrogen and oxygen atoms in total. The summed E-state index contributed by atoms with van der Waals surface area (Å²) >= 11 is 0. The summed E-state index contributed by atoms with van der Waals surface area (Å²) < 4.78 is 37.6. The Balaban J connectivity index is 0.951. The van der Waals surface area contributed by atoms with E-state index >= 15 is 9.59 Å². The number of carbonyl (C=O) groups is 4. The number of carbonyl (C=O) groups excluding carboxylic acids is 4. The first-order chi connectivity index (χ1) is 49.4. The Bertz CT molecular complexity index is 4270. The number of aliphatic hydroxyl groups excluding tert-OH is 5. The van der Waals surface area contributed by atoms with Crippen molar-refractivity contribution in [2.24, 2.45) is 34.6 Å². The molecule has 1 amide bonds. The first-order valence-corrected chi connectivity index (χ1v) is 36.7. The highest BCUT2D eigenvalue weighted by molar-refractivity contribution is 6.29. The van der Waals surface area contributed by atoms with Crippen molar-refractivity contribution in [3.05, 3.63) is 156 Å². The minimum absolute atomic E-state index is 0.0433. The quantitative estimate of drug-likeness (QED) is 0.0541. The zero-order valence-corrected chi connectivity index (χ0v) is 57.2. The van der Waals surface area contributed by atoms with Gasteiger partial charge in [-0.1, -0.05) is 73.6 Å². The molecule has 2 saturated carbocycles. The van der Waals surface area contributed by atoms with Crippen molar-refractivity contribution in [2.75, 3.05) is 45.0 Å². The maximum absolute atomic E-state index is 15.9. The van der Waals surface area contributed by atoms with E-state index in [1.165, 1.54) is 12.1 Å². The van der Waals surface area contributed by atoms with Crippen LogP contribution in [0, 0.1) is 35.0 Å². The van der Waals surface area contributed by atoms with Crippen molar-refractivity contribution in [2.45, 2.75) is 200 Å². The van der Waals surface area contributed by atoms with Gasteiger partial charge in [0.25, 0.3) is 0 Å². The van der Waals surface area contributed by atoms with Gasteiger partial charge in [-0.15, -0.1) is 0 Å². The first kappa shape index (κ1) is 67.7. The van der Waals surface area contributed by atoms with Crippen molar-refractivity contribution < 1.29 is 73.5 Å². The molecule has 18 atom stereocenters. The van der Waals surface area contributed by atoms with E-state index < -0.39 is 121 Å². The topological polar surface area (TPSA) is 363 Å². The highest BCUT2D eigenvalue weighted by atomic mass is 16.7. The molecular weight excluding hydrogens is 1300 g/mol. The van der Waals surface area contributed by atoms with Crippen LogP contribution in [0.5, 0.6) is 11.5 Å². The van der Waals surface area contributed by atoms with E-state index in [1.54, 1.807) is 12.1 Å². The van der Waals surface area contributed by atoms with E-state index in [1.807, 2.05) is 36.2 Å². The largest absolute Gasteiger partial charge is 0.486 e. The number of para-hydroxylation sites is 1. The van der Waals surface area contributed by atoms with Crippen molar-refractivity contribution in [3.8, 4) is 23.3 Å². The molecule has 102 heavy (non-hydrogen) atoms. The first-order valence-electron chi connectivity index (χ1n) is 36.7. The number of amides is 1. The van der Waals surface area contributed by atoms with E-state index in [-0.39, 0.29) is 109 Å². The molecule has 24 heteroatoms. The van der Waals surface area contributed by atoms with E-state index in [0.29, 0.717) is 86.5 Å². The Kier molecular flexibility index (Phi) is 17.5. The molecule has 9 bridgehead atoms. The molecule has 4 saturated heterocycles. The Morgan fingerprint density at radius 1 is 0.931 bits per heavy atom. The number of anilines is 1. The third-order valence-corrected chi connectivity index (χ3v) is 25.1. The number of fused-ring (bicyclic) bond motifs is 16. The van der Waals surface area contributed by atoms with Crippen LogP contribution in [0.15, 0.2) is 94.9 Å². The molecule has 8 aliphatic heterocycles. The summed E-state index contributed by atoms with van der Waals surface area (Å²) in [5.74, 6) is 2.77. The van der Waals surface area contributed by atoms with Gasteiger partial charge in [0.15, 0.2) is 28.7 Å². The van der Waals surface area contributed by atoms with Crippen LogP contribution in [0.1, 0.15) is 154 Å². The average molecular weight is 1390 g/mol. The molecule has 0 aromatic heterocycles. The van der Waals surface area contributed by atoms with Crippen LogP contribution in [0.2, 0.25) is 0 Å². The van der Waals surface area contributed by atoms with Gasteiger partial charge in [-0.05, 0) is 164 Å². The number of aliphatic hydroxyl groups is 6. The summed E-state index contributed by atoms with van der Waals surface area (Å²) in [6.07, 6.45) is -2.75. The maximum atomic E-state index is 15.9. The number of benzene rings is 4. The molecule has 13 aliphatic rings. The predicted molar refractivity (Wildman–Crippen MR) is 371 cm³/mol. The van der Waals surface area contributed by atoms with Gasteiger partial charge >= 0.3 is 0 Å². The fourth-order valence-corrected chi connectivity index (χ4v) is 20.2. The van der Waals surface area contributed by atoms with Gasteiger partial charge in [-0.25, -0.2) is 0 Å². The van der Waals surface area contributed by atoms with E-state index in [9.17, 15) is 40.2 Å². The number of nitrogens with zero attached hydrogens (tertiary/aromatic N) is 1. The van der Waals surface area contributed by atoms with Crippen molar-refractivity contribution in [1.82, 2.24) is 31.9 Å². The van der Waals surface area contributed by atoms with Gasteiger partial charge in [-0.3, -0.25) is 30.8 Å². The van der Waals surface area contributed by atoms with Gasteiger partial charge in [0.05, 0.1) is 73.3 Å². The lowest BCUT2D eigenvalue weighted by Gasteiger charge is -2.54. The van der Waals surface area contributed by atoms with Crippen LogP contribution in [0.3, 0.4) is 0 Å². The summed E-state index contributed by atoms with van der Waals surface area (Å²) in [6, 6.07) is 17.2. The van der Waals surface area contributed by atoms with Crippen LogP contribution in [-0.2, 0) is 56.2 Å². The second-order valence-corrected chi connectivity index (χ2v) is 30.7. The summed E-state index contributed by atoms with van der Waals surface area (Å²) in [4.78, 5) is 59.8. The van der Waals surface area contributed by atoms with Crippen LogP contribution in [0.4, 0.5) is 5.69 Å². The number of ketones is 2. The number of hydrogen-bond donors (Lipinski definition) is 14. The van der Waals surface area contributed by atoms with Crippen LogP contribution in [0.25, 0.3) is 0 Å². The molecule has 4 aromatic carbocycles. The van der Waals surface area contributed by atoms with Gasteiger partial charge in [0.1, 0.15) is 55.5 Å². The molecule has 0 radical (unpaired) electrons. The van der Waals surface area contributed by atoms with Crippen molar-refractivity contribution in [1.29, 1.82) is 0 Å². The summed E-state index contributed by atoms with van der Waals surface area (Å²) in [6.45, 7) is -0.549. The average Bonchev–Trinajstić information content (AvgIpc) is 1.37. The number of nitrogens with one attached hydrogen (secondary N) is 6. The van der Waals surface area contributed by atoms with Crippen LogP contribution >= 0.6 is 0 Å². The molecule has 16 N–H and O–H groups in total. The minimum atomic E-state index is -2.57. The molecule has 8 heterocycles. The normalized spacial score (nSPS) is 35.1. The van der Waals surface area contributed by atoms with Gasteiger partial charge in [0.2, 0.25) is 12.2 Å². The number of hydrogen-bond acceptors (Lipinski definition) is 23. The highest BCUT2D eigenvalue weighted by Gasteiger charge is 2.66. The molecule has 4 aromatic rings. The zero-order chi connectivity index (χ0) is 70.3. The molecule has 0 unspecified atom stereocenters. The predicted octanol–water partition coefficient (Wildman–Crippen LogP) is 2.11. The number of aldehydes is 1. The third-order valence-electron chi connectivity index (χ3n) is 25.1. The van der Waals surface area contributed by atoms with Gasteiger partial charge in [0, 0.05) is 65.0 Å². The van der Waals surface area contributed by atoms with Crippen molar-refractivity contribution >= 4 is 29.4 Å². The Hall–Kier alpha value is -7.42. The number of nitrogens with two attached hydrogens (primary N) is 2. The fourth-order valence-electron chi connectivity index (χ4n) is 20.2. The summed E-state index contributed by atoms with van der Waals surface area (Å²) in [5, 5.41) is 98.8. The molecular formula is C78H91N9O15. The van der Waals surface area contributed by atoms with Crippen LogP contribution in [-0.4, -0.2) is 179 Å². The number of ether oxygens (including phenoxy) is 5. The van der Waals surface area contributed by atoms with Gasteiger partial charge < -0.3 is 91.0 Å². The van der Waals surface area contributed by atoms with E-state index in [2.05, 4.69) is 62.0 Å². The molecule has 5 aliphatic carbocycles. The lowest BCUT2D eigenvalue weighted by molar-refractivity contribution is -0.337. The molecule has 17 rings (SSSR count). The Labute approximate surface area is 591 Å². The maximum Gasteiger partial charge on any atom is 0.242 e. The zero-order valence-electron chi connectivity index (χ0n) is 57.2. The standard InChI is InChI=1S/C78H91N9O15/c1-81-32-44-27-39-25-41-17-22-78(97)69(95)68(99-36-77-53-18-23-82-70(79)61(53)62-47(15-12-40-7-6-9-55(40)84-62)54(77)31-49(44)43(26-39)29-58(77)92)73-101-66-52(30-51-60(67(66)98-35-45(90)19-24-88)65(94)50-28-38(33-89)11-14-46(50)64(51)93)59(42(13-16-57(41)91)34-100-76(74(78)102-73)20-4-5-21-76)48-8-2-3-10-56(48)87-37-83-63-71(87)85-75(80)86-72(63)96/h2-3,8,10-11,14,18,24,26-28,30,40-42,45,55,57-59,62-63,68-69,71,73-75,81-85,89-92,95,97H,4-7,9,12-13,15-16,19-21,23,25,29,31-37,79-80H2,1H3,(H,86,96)/t40-,41+,42-,45-,55-,57+,58-,59+,62-,63+,68+,69+,71-,73+,74+,75-,77+,78-/m1/s1. The number of rotatable bonds is 10. The molecule has 6 fully saturated rings. The smallest absolute Gasteiger partial charge is 0.242 e. The van der Waals surface area contributed by atoms with Crippen molar-refractivity contribution in [3.63, 3.8) is 0 Å². The van der Waals surface area contributed by atoms with Gasteiger partial charge in [-0.2, -0.15) is 0 Å². The highest BCUT2D eigenvalue weighted by Crippen LogP contribution is 2.60.